The fourth-order valence-corrected chi connectivity index (χ4v) is 5.63. The number of carbonyl (C=O) groups is 1. The van der Waals surface area contributed by atoms with Gasteiger partial charge in [-0.25, -0.2) is 0 Å². The van der Waals surface area contributed by atoms with Crippen LogP contribution in [0, 0.1) is 5.92 Å². The standard InChI is InChI=1S/C33H32N6O4/c1-23(9-6-7-17-37-22-26(16-18-40)35-36-37)33(43)29-14-4-5-15-30(29)38(32(33)42)21-24-10-8-12-27(19-24)39-31(41)28-13-3-2-11-25(28)20-34-39/h2-6,8-15,19-20,22-23,40,43H,7,16-18,21H2,1H3/b9-6+/t23-,33+/m1/s1. The van der Waals surface area contributed by atoms with E-state index in [4.69, 9.17) is 5.11 Å². The summed E-state index contributed by atoms with van der Waals surface area (Å²) in [4.78, 5) is 28.7. The van der Waals surface area contributed by atoms with Crippen molar-refractivity contribution >= 4 is 22.4 Å². The Balaban J connectivity index is 1.22. The zero-order chi connectivity index (χ0) is 30.0. The van der Waals surface area contributed by atoms with Gasteiger partial charge in [-0.1, -0.05) is 72.8 Å². The zero-order valence-electron chi connectivity index (χ0n) is 23.7. The van der Waals surface area contributed by atoms with Crippen LogP contribution in [0.3, 0.4) is 0 Å². The van der Waals surface area contributed by atoms with Gasteiger partial charge in [0.25, 0.3) is 11.5 Å². The summed E-state index contributed by atoms with van der Waals surface area (Å²) in [6.45, 7) is 2.66. The molecule has 3 heterocycles. The second-order valence-electron chi connectivity index (χ2n) is 10.7. The molecule has 3 aromatic carbocycles. The lowest BCUT2D eigenvalue weighted by molar-refractivity contribution is -0.139. The van der Waals surface area contributed by atoms with Crippen molar-refractivity contribution < 1.29 is 15.0 Å². The third-order valence-electron chi connectivity index (χ3n) is 7.93. The number of hydrogen-bond donors (Lipinski definition) is 2. The van der Waals surface area contributed by atoms with Gasteiger partial charge in [0.2, 0.25) is 0 Å². The van der Waals surface area contributed by atoms with Crippen molar-refractivity contribution in [2.45, 2.75) is 38.5 Å². The summed E-state index contributed by atoms with van der Waals surface area (Å²) in [7, 11) is 0. The Morgan fingerprint density at radius 2 is 1.84 bits per heavy atom. The summed E-state index contributed by atoms with van der Waals surface area (Å²) >= 11 is 0. The number of nitrogens with zero attached hydrogens (tertiary/aromatic N) is 6. The van der Waals surface area contributed by atoms with Crippen LogP contribution in [0.2, 0.25) is 0 Å². The molecule has 0 fully saturated rings. The first kappa shape index (κ1) is 28.2. The van der Waals surface area contributed by atoms with Gasteiger partial charge in [-0.05, 0) is 36.2 Å². The molecular formula is C33H32N6O4. The van der Waals surface area contributed by atoms with Gasteiger partial charge in [-0.2, -0.15) is 9.78 Å². The average molecular weight is 577 g/mol. The van der Waals surface area contributed by atoms with E-state index in [2.05, 4.69) is 15.4 Å². The highest BCUT2D eigenvalue weighted by Crippen LogP contribution is 2.45. The molecule has 2 aromatic heterocycles. The highest BCUT2D eigenvalue weighted by atomic mass is 16.3. The lowest BCUT2D eigenvalue weighted by atomic mass is 9.83. The van der Waals surface area contributed by atoms with E-state index < -0.39 is 17.4 Å². The Morgan fingerprint density at radius 3 is 2.70 bits per heavy atom. The number of aryl methyl sites for hydroxylation is 1. The number of aliphatic hydroxyl groups is 2. The number of benzene rings is 3. The van der Waals surface area contributed by atoms with Gasteiger partial charge in [0.15, 0.2) is 5.60 Å². The Bertz CT molecular complexity index is 1880. The van der Waals surface area contributed by atoms with Crippen LogP contribution in [0.15, 0.2) is 102 Å². The third kappa shape index (κ3) is 5.26. The highest BCUT2D eigenvalue weighted by Gasteiger charge is 2.52. The minimum atomic E-state index is -1.73. The minimum absolute atomic E-state index is 0.0222. The molecule has 0 aliphatic carbocycles. The largest absolute Gasteiger partial charge is 0.396 e. The first-order valence-electron chi connectivity index (χ1n) is 14.3. The van der Waals surface area contributed by atoms with Gasteiger partial charge < -0.3 is 15.1 Å². The minimum Gasteiger partial charge on any atom is -0.396 e. The van der Waals surface area contributed by atoms with E-state index in [0.717, 1.165) is 16.6 Å². The van der Waals surface area contributed by atoms with Crippen LogP contribution in [0.25, 0.3) is 16.5 Å². The van der Waals surface area contributed by atoms with E-state index in [-0.39, 0.29) is 18.7 Å². The molecular weight excluding hydrogens is 544 g/mol. The molecule has 0 spiro atoms. The van der Waals surface area contributed by atoms with Crippen LogP contribution in [0.1, 0.15) is 30.2 Å². The Hall–Kier alpha value is -4.93. The molecule has 1 amide bonds. The second-order valence-corrected chi connectivity index (χ2v) is 10.7. The van der Waals surface area contributed by atoms with E-state index in [0.29, 0.717) is 41.7 Å². The average Bonchev–Trinajstić information content (AvgIpc) is 3.56. The third-order valence-corrected chi connectivity index (χ3v) is 7.93. The molecule has 218 valence electrons. The molecule has 2 atom stereocenters. The number of aliphatic hydroxyl groups excluding tert-OH is 1. The fraction of sp³-hybridized carbons (Fsp3) is 0.242. The van der Waals surface area contributed by atoms with Crippen molar-refractivity contribution in [3.8, 4) is 5.69 Å². The monoisotopic (exact) mass is 576 g/mol. The van der Waals surface area contributed by atoms with Gasteiger partial charge in [0, 0.05) is 42.6 Å². The van der Waals surface area contributed by atoms with Gasteiger partial charge >= 0.3 is 0 Å². The lowest BCUT2D eigenvalue weighted by Gasteiger charge is -2.27. The quantitative estimate of drug-likeness (QED) is 0.244. The number of allylic oxidation sites excluding steroid dienone is 1. The molecule has 0 saturated heterocycles. The van der Waals surface area contributed by atoms with E-state index in [1.807, 2.05) is 79.7 Å². The van der Waals surface area contributed by atoms with Crippen molar-refractivity contribution in [1.29, 1.82) is 0 Å². The smallest absolute Gasteiger partial charge is 0.279 e. The fourth-order valence-electron chi connectivity index (χ4n) is 5.63. The van der Waals surface area contributed by atoms with Crippen molar-refractivity contribution in [3.05, 3.63) is 125 Å². The van der Waals surface area contributed by atoms with E-state index in [1.165, 1.54) is 4.68 Å². The highest BCUT2D eigenvalue weighted by molar-refractivity contribution is 6.07. The maximum absolute atomic E-state index is 13.9. The molecule has 0 saturated carbocycles. The Kier molecular flexibility index (Phi) is 7.71. The van der Waals surface area contributed by atoms with Gasteiger partial charge in [-0.15, -0.1) is 5.10 Å². The molecule has 0 bridgehead atoms. The number of amides is 1. The maximum atomic E-state index is 13.9. The number of fused-ring (bicyclic) bond motifs is 2. The van der Waals surface area contributed by atoms with Crippen LogP contribution in [-0.2, 0) is 29.9 Å². The van der Waals surface area contributed by atoms with Gasteiger partial charge in [-0.3, -0.25) is 14.3 Å². The molecule has 43 heavy (non-hydrogen) atoms. The number of rotatable bonds is 10. The predicted molar refractivity (Wildman–Crippen MR) is 163 cm³/mol. The zero-order valence-corrected chi connectivity index (χ0v) is 23.7. The SMILES string of the molecule is C[C@H](/C=C/CCn1cc(CCO)nn1)[C@@]1(O)C(=O)N(Cc2cccc(-n3ncc4ccccc4c3=O)c2)c2ccccc21. The normalized spacial score (nSPS) is 17.2. The van der Waals surface area contributed by atoms with Crippen LogP contribution < -0.4 is 10.5 Å². The molecule has 6 rings (SSSR count). The van der Waals surface area contributed by atoms with Crippen LogP contribution in [-0.4, -0.2) is 47.5 Å². The molecule has 1 aliphatic heterocycles. The molecule has 2 N–H and O–H groups in total. The van der Waals surface area contributed by atoms with Crippen LogP contribution in [0.4, 0.5) is 5.69 Å². The maximum Gasteiger partial charge on any atom is 0.279 e. The van der Waals surface area contributed by atoms with E-state index in [9.17, 15) is 14.7 Å². The predicted octanol–water partition coefficient (Wildman–Crippen LogP) is 3.53. The number of hydrogen-bond acceptors (Lipinski definition) is 7. The second kappa shape index (κ2) is 11.7. The van der Waals surface area contributed by atoms with Crippen LogP contribution >= 0.6 is 0 Å². The summed E-state index contributed by atoms with van der Waals surface area (Å²) in [5.41, 5.74) is 1.38. The van der Waals surface area contributed by atoms with Crippen molar-refractivity contribution in [3.63, 3.8) is 0 Å². The number of para-hydroxylation sites is 1. The summed E-state index contributed by atoms with van der Waals surface area (Å²) in [5, 5.41) is 34.8. The van der Waals surface area contributed by atoms with Gasteiger partial charge in [0.05, 0.1) is 35.2 Å². The van der Waals surface area contributed by atoms with E-state index in [1.54, 1.807) is 34.1 Å². The van der Waals surface area contributed by atoms with Gasteiger partial charge in [0.1, 0.15) is 0 Å². The molecule has 5 aromatic rings. The molecule has 0 unspecified atom stereocenters. The summed E-state index contributed by atoms with van der Waals surface area (Å²) in [6, 6.07) is 22.0. The van der Waals surface area contributed by atoms with Crippen molar-refractivity contribution in [2.24, 2.45) is 5.92 Å². The Labute approximate surface area is 248 Å². The lowest BCUT2D eigenvalue weighted by Crippen LogP contribution is -2.44. The van der Waals surface area contributed by atoms with Crippen molar-refractivity contribution in [2.75, 3.05) is 11.5 Å². The molecule has 1 aliphatic rings. The number of anilines is 1. The first-order chi connectivity index (χ1) is 20.9. The van der Waals surface area contributed by atoms with Crippen molar-refractivity contribution in [1.82, 2.24) is 24.8 Å². The van der Waals surface area contributed by atoms with E-state index >= 15 is 0 Å². The molecule has 10 nitrogen and oxygen atoms in total. The topological polar surface area (TPSA) is 126 Å². The number of carbonyl (C=O) groups excluding carboxylic acids is 1. The molecule has 10 heteroatoms. The summed E-state index contributed by atoms with van der Waals surface area (Å²) in [5.74, 6) is -0.902. The number of aromatic nitrogens is 5. The summed E-state index contributed by atoms with van der Waals surface area (Å²) < 4.78 is 3.07. The Morgan fingerprint density at radius 1 is 1.02 bits per heavy atom. The molecule has 0 radical (unpaired) electrons. The first-order valence-corrected chi connectivity index (χ1v) is 14.3. The van der Waals surface area contributed by atoms with Crippen LogP contribution in [0.5, 0.6) is 0 Å². The summed E-state index contributed by atoms with van der Waals surface area (Å²) in [6.07, 6.45) is 8.36.